The van der Waals surface area contributed by atoms with Crippen LogP contribution in [-0.2, 0) is 11.3 Å². The van der Waals surface area contributed by atoms with Crippen molar-refractivity contribution in [3.63, 3.8) is 0 Å². The van der Waals surface area contributed by atoms with Crippen LogP contribution in [0.25, 0.3) is 10.9 Å². The SMILES string of the molecule is Nc1ccccc1C(=O)c1cc2cc([N+](=O)[O-])ccc2n1CC(=O)O. The number of carbonyl (C=O) groups is 2. The first-order valence-electron chi connectivity index (χ1n) is 7.27. The van der Waals surface area contributed by atoms with Gasteiger partial charge in [-0.25, -0.2) is 0 Å². The van der Waals surface area contributed by atoms with Crippen LogP contribution in [0.15, 0.2) is 48.5 Å². The van der Waals surface area contributed by atoms with Gasteiger partial charge in [-0.05, 0) is 24.3 Å². The molecule has 0 bridgehead atoms. The number of carboxylic acids is 1. The monoisotopic (exact) mass is 339 g/mol. The lowest BCUT2D eigenvalue weighted by Gasteiger charge is -2.09. The summed E-state index contributed by atoms with van der Waals surface area (Å²) in [4.78, 5) is 34.4. The van der Waals surface area contributed by atoms with Crippen LogP contribution in [0.5, 0.6) is 0 Å². The van der Waals surface area contributed by atoms with Gasteiger partial charge in [-0.15, -0.1) is 0 Å². The van der Waals surface area contributed by atoms with Crippen molar-refractivity contribution >= 4 is 34.0 Å². The number of rotatable bonds is 5. The Morgan fingerprint density at radius 2 is 1.88 bits per heavy atom. The maximum atomic E-state index is 12.8. The largest absolute Gasteiger partial charge is 0.480 e. The minimum Gasteiger partial charge on any atom is -0.480 e. The maximum Gasteiger partial charge on any atom is 0.323 e. The Morgan fingerprint density at radius 3 is 2.52 bits per heavy atom. The van der Waals surface area contributed by atoms with E-state index in [2.05, 4.69) is 0 Å². The highest BCUT2D eigenvalue weighted by molar-refractivity contribution is 6.13. The van der Waals surface area contributed by atoms with E-state index in [1.165, 1.54) is 28.8 Å². The van der Waals surface area contributed by atoms with Crippen molar-refractivity contribution in [2.75, 3.05) is 5.73 Å². The fourth-order valence-corrected chi connectivity index (χ4v) is 2.71. The molecule has 1 aromatic heterocycles. The fraction of sp³-hybridized carbons (Fsp3) is 0.0588. The van der Waals surface area contributed by atoms with Gasteiger partial charge in [-0.3, -0.25) is 19.7 Å². The normalized spacial score (nSPS) is 10.7. The first kappa shape index (κ1) is 16.2. The summed E-state index contributed by atoms with van der Waals surface area (Å²) >= 11 is 0. The molecule has 25 heavy (non-hydrogen) atoms. The van der Waals surface area contributed by atoms with Crippen molar-refractivity contribution < 1.29 is 19.6 Å². The molecule has 8 nitrogen and oxygen atoms in total. The van der Waals surface area contributed by atoms with Crippen molar-refractivity contribution in [1.82, 2.24) is 4.57 Å². The third kappa shape index (κ3) is 2.92. The highest BCUT2D eigenvalue weighted by Gasteiger charge is 2.21. The fourth-order valence-electron chi connectivity index (χ4n) is 2.71. The number of ketones is 1. The number of nitro benzene ring substituents is 1. The number of fused-ring (bicyclic) bond motifs is 1. The number of nitrogens with two attached hydrogens (primary N) is 1. The number of hydrogen-bond acceptors (Lipinski definition) is 5. The summed E-state index contributed by atoms with van der Waals surface area (Å²) in [5.41, 5.74) is 6.73. The summed E-state index contributed by atoms with van der Waals surface area (Å²) in [6.45, 7) is -0.449. The lowest BCUT2D eigenvalue weighted by Crippen LogP contribution is -2.16. The van der Waals surface area contributed by atoms with E-state index in [1.54, 1.807) is 24.3 Å². The first-order valence-corrected chi connectivity index (χ1v) is 7.27. The summed E-state index contributed by atoms with van der Waals surface area (Å²) in [6.07, 6.45) is 0. The van der Waals surface area contributed by atoms with E-state index < -0.39 is 23.2 Å². The summed E-state index contributed by atoms with van der Waals surface area (Å²) in [7, 11) is 0. The molecule has 3 aromatic rings. The summed E-state index contributed by atoms with van der Waals surface area (Å²) in [6, 6.07) is 11.9. The van der Waals surface area contributed by atoms with Crippen molar-refractivity contribution in [3.05, 3.63) is 69.9 Å². The van der Waals surface area contributed by atoms with E-state index in [0.29, 0.717) is 10.9 Å². The number of hydrogen-bond donors (Lipinski definition) is 2. The average Bonchev–Trinajstić information content (AvgIpc) is 2.92. The topological polar surface area (TPSA) is 128 Å². The molecule has 0 atom stereocenters. The van der Waals surface area contributed by atoms with E-state index in [4.69, 9.17) is 10.8 Å². The number of nitrogen functional groups attached to an aromatic ring is 1. The second kappa shape index (κ2) is 6.08. The van der Waals surface area contributed by atoms with Gasteiger partial charge in [0, 0.05) is 34.3 Å². The van der Waals surface area contributed by atoms with Crippen LogP contribution in [0.2, 0.25) is 0 Å². The highest BCUT2D eigenvalue weighted by atomic mass is 16.6. The standard InChI is InChI=1S/C17H13N3O5/c18-13-4-2-1-3-12(13)17(23)15-8-10-7-11(20(24)25)5-6-14(10)19(15)9-16(21)22/h1-8H,9,18H2,(H,21,22). The average molecular weight is 339 g/mol. The van der Waals surface area contributed by atoms with Crippen LogP contribution >= 0.6 is 0 Å². The Morgan fingerprint density at radius 1 is 1.16 bits per heavy atom. The summed E-state index contributed by atoms with van der Waals surface area (Å²) in [5.74, 6) is -1.58. The molecule has 1 heterocycles. The van der Waals surface area contributed by atoms with Gasteiger partial charge in [-0.1, -0.05) is 12.1 Å². The molecule has 0 radical (unpaired) electrons. The predicted molar refractivity (Wildman–Crippen MR) is 90.5 cm³/mol. The molecule has 2 aromatic carbocycles. The molecule has 0 aliphatic heterocycles. The molecule has 3 N–H and O–H groups in total. The minimum atomic E-state index is -1.13. The number of aliphatic carboxylic acids is 1. The third-order valence-corrected chi connectivity index (χ3v) is 3.83. The molecule has 0 saturated heterocycles. The van der Waals surface area contributed by atoms with Crippen LogP contribution in [-0.4, -0.2) is 26.3 Å². The number of anilines is 1. The Kier molecular flexibility index (Phi) is 3.94. The van der Waals surface area contributed by atoms with Gasteiger partial charge >= 0.3 is 5.97 Å². The van der Waals surface area contributed by atoms with Crippen LogP contribution in [0, 0.1) is 10.1 Å². The Bertz CT molecular complexity index is 1020. The zero-order valence-electron chi connectivity index (χ0n) is 12.9. The van der Waals surface area contributed by atoms with E-state index >= 15 is 0 Å². The number of nitrogens with zero attached hydrogens (tertiary/aromatic N) is 2. The van der Waals surface area contributed by atoms with Crippen LogP contribution in [0.4, 0.5) is 11.4 Å². The Labute approximate surface area is 141 Å². The van der Waals surface area contributed by atoms with Crippen LogP contribution in [0.3, 0.4) is 0 Å². The quantitative estimate of drug-likeness (QED) is 0.318. The molecular weight excluding hydrogens is 326 g/mol. The van der Waals surface area contributed by atoms with Gasteiger partial charge in [0.25, 0.3) is 5.69 Å². The summed E-state index contributed by atoms with van der Waals surface area (Å²) in [5, 5.41) is 20.5. The predicted octanol–water partition coefficient (Wildman–Crippen LogP) is 2.45. The van der Waals surface area contributed by atoms with E-state index in [9.17, 15) is 19.7 Å². The molecule has 0 saturated carbocycles. The molecule has 0 amide bonds. The second-order valence-electron chi connectivity index (χ2n) is 5.43. The number of carboxylic acid groups (broad SMARTS) is 1. The zero-order valence-corrected chi connectivity index (χ0v) is 12.9. The lowest BCUT2D eigenvalue weighted by atomic mass is 10.1. The van der Waals surface area contributed by atoms with E-state index in [1.807, 2.05) is 0 Å². The Balaban J connectivity index is 2.22. The Hall–Kier alpha value is -3.68. The molecule has 8 heteroatoms. The number of non-ortho nitro benzene ring substituents is 1. The molecular formula is C17H13N3O5. The van der Waals surface area contributed by atoms with Crippen molar-refractivity contribution in [2.24, 2.45) is 0 Å². The van der Waals surface area contributed by atoms with E-state index in [-0.39, 0.29) is 22.6 Å². The molecule has 0 aliphatic carbocycles. The molecule has 126 valence electrons. The van der Waals surface area contributed by atoms with Crippen LogP contribution in [0.1, 0.15) is 16.1 Å². The van der Waals surface area contributed by atoms with Gasteiger partial charge in [0.1, 0.15) is 6.54 Å². The van der Waals surface area contributed by atoms with E-state index in [0.717, 1.165) is 0 Å². The number of aromatic nitrogens is 1. The molecule has 3 rings (SSSR count). The van der Waals surface area contributed by atoms with Gasteiger partial charge in [0.05, 0.1) is 10.6 Å². The molecule has 0 fully saturated rings. The highest BCUT2D eigenvalue weighted by Crippen LogP contribution is 2.27. The molecule has 0 aliphatic rings. The van der Waals surface area contributed by atoms with Gasteiger partial charge in [-0.2, -0.15) is 0 Å². The van der Waals surface area contributed by atoms with Gasteiger partial charge in [0.2, 0.25) is 5.78 Å². The summed E-state index contributed by atoms with van der Waals surface area (Å²) < 4.78 is 1.32. The van der Waals surface area contributed by atoms with Crippen LogP contribution < -0.4 is 5.73 Å². The van der Waals surface area contributed by atoms with Gasteiger partial charge in [0.15, 0.2) is 0 Å². The molecule has 0 spiro atoms. The first-order chi connectivity index (χ1) is 11.9. The number of nitro groups is 1. The minimum absolute atomic E-state index is 0.107. The number of benzene rings is 2. The number of para-hydroxylation sites is 1. The van der Waals surface area contributed by atoms with Gasteiger partial charge < -0.3 is 15.4 Å². The zero-order chi connectivity index (χ0) is 18.1. The smallest absolute Gasteiger partial charge is 0.323 e. The third-order valence-electron chi connectivity index (χ3n) is 3.83. The van der Waals surface area contributed by atoms with Crippen molar-refractivity contribution in [2.45, 2.75) is 6.54 Å². The molecule has 0 unspecified atom stereocenters. The van der Waals surface area contributed by atoms with Crippen molar-refractivity contribution in [1.29, 1.82) is 0 Å². The lowest BCUT2D eigenvalue weighted by molar-refractivity contribution is -0.384. The maximum absolute atomic E-state index is 12.8. The second-order valence-corrected chi connectivity index (χ2v) is 5.43. The number of carbonyl (C=O) groups excluding carboxylic acids is 1. The van der Waals surface area contributed by atoms with Crippen molar-refractivity contribution in [3.8, 4) is 0 Å².